The molecule has 2 atom stereocenters. The number of hydrogen-bond acceptors (Lipinski definition) is 4. The van der Waals surface area contributed by atoms with Crippen LogP contribution in [0.15, 0.2) is 18.5 Å². The number of halogens is 3. The van der Waals surface area contributed by atoms with Crippen LogP contribution in [-0.2, 0) is 17.5 Å². The van der Waals surface area contributed by atoms with Gasteiger partial charge in [-0.3, -0.25) is 9.78 Å². The smallest absolute Gasteiger partial charge is 0.391 e. The maximum atomic E-state index is 12.6. The van der Waals surface area contributed by atoms with Gasteiger partial charge in [0.2, 0.25) is 5.91 Å². The molecule has 0 unspecified atom stereocenters. The van der Waals surface area contributed by atoms with Crippen LogP contribution in [0.1, 0.15) is 17.5 Å². The lowest BCUT2D eigenvalue weighted by atomic mass is 10.0. The van der Waals surface area contributed by atoms with E-state index in [2.05, 4.69) is 15.6 Å². The predicted molar refractivity (Wildman–Crippen MR) is 81.2 cm³/mol. The van der Waals surface area contributed by atoms with Crippen molar-refractivity contribution in [2.75, 3.05) is 20.1 Å². The van der Waals surface area contributed by atoms with Crippen LogP contribution in [0.5, 0.6) is 0 Å². The van der Waals surface area contributed by atoms with Crippen LogP contribution in [0.4, 0.5) is 18.0 Å². The average Bonchev–Trinajstić information content (AvgIpc) is 2.93. The molecular weight excluding hydrogens is 341 g/mol. The molecule has 0 aromatic carbocycles. The van der Waals surface area contributed by atoms with Gasteiger partial charge >= 0.3 is 12.2 Å². The summed E-state index contributed by atoms with van der Waals surface area (Å²) in [4.78, 5) is 28.3. The minimum Gasteiger partial charge on any atom is -0.391 e. The lowest BCUT2D eigenvalue weighted by Gasteiger charge is -2.17. The second-order valence-corrected chi connectivity index (χ2v) is 5.85. The molecule has 138 valence electrons. The van der Waals surface area contributed by atoms with E-state index in [-0.39, 0.29) is 43.4 Å². The maximum Gasteiger partial charge on any atom is 0.417 e. The number of nitrogens with zero attached hydrogens (tertiary/aromatic N) is 2. The molecule has 1 aliphatic heterocycles. The summed E-state index contributed by atoms with van der Waals surface area (Å²) in [6, 6.07) is 0.399. The Kier molecular flexibility index (Phi) is 5.83. The minimum atomic E-state index is -4.50. The fraction of sp³-hybridized carbons (Fsp3) is 0.533. The summed E-state index contributed by atoms with van der Waals surface area (Å²) in [6.07, 6.45) is -3.27. The molecule has 2 rings (SSSR count). The molecule has 0 aliphatic carbocycles. The summed E-state index contributed by atoms with van der Waals surface area (Å²) in [5, 5.41) is 14.9. The zero-order valence-electron chi connectivity index (χ0n) is 13.5. The Bertz CT molecular complexity index is 639. The number of rotatable bonds is 4. The Hall–Kier alpha value is -2.36. The number of aromatic nitrogens is 1. The number of carbonyl (C=O) groups excluding carboxylic acids is 2. The van der Waals surface area contributed by atoms with Crippen molar-refractivity contribution in [1.29, 1.82) is 0 Å². The van der Waals surface area contributed by atoms with Crippen molar-refractivity contribution in [3.63, 3.8) is 0 Å². The summed E-state index contributed by atoms with van der Waals surface area (Å²) in [6.45, 7) is 0.137. The Morgan fingerprint density at radius 3 is 2.72 bits per heavy atom. The number of urea groups is 1. The highest BCUT2D eigenvalue weighted by atomic mass is 19.4. The Morgan fingerprint density at radius 2 is 2.08 bits per heavy atom. The number of aliphatic hydroxyl groups excluding tert-OH is 1. The van der Waals surface area contributed by atoms with Gasteiger partial charge in [-0.05, 0) is 11.6 Å². The van der Waals surface area contributed by atoms with Gasteiger partial charge in [-0.15, -0.1) is 0 Å². The SMILES string of the molecule is CNC(=O)C[C@@H]1CN(C(=O)NCc2cncc(C(F)(F)F)c2)C[C@H]1O. The highest BCUT2D eigenvalue weighted by Gasteiger charge is 2.35. The van der Waals surface area contributed by atoms with E-state index in [9.17, 15) is 27.9 Å². The number of β-amino-alcohol motifs (C(OH)–C–C–N with tert-alkyl or cyclic N) is 1. The van der Waals surface area contributed by atoms with Crippen LogP contribution in [-0.4, -0.2) is 53.2 Å². The minimum absolute atomic E-state index is 0.0638. The van der Waals surface area contributed by atoms with Crippen LogP contribution in [0.25, 0.3) is 0 Å². The highest BCUT2D eigenvalue weighted by Crippen LogP contribution is 2.28. The van der Waals surface area contributed by atoms with E-state index in [1.807, 2.05) is 0 Å². The molecule has 1 aromatic heterocycles. The van der Waals surface area contributed by atoms with Crippen molar-refractivity contribution in [3.05, 3.63) is 29.6 Å². The molecule has 0 bridgehead atoms. The average molecular weight is 360 g/mol. The van der Waals surface area contributed by atoms with Gasteiger partial charge in [0.1, 0.15) is 0 Å². The molecule has 0 saturated carbocycles. The summed E-state index contributed by atoms with van der Waals surface area (Å²) in [7, 11) is 1.48. The number of nitrogens with one attached hydrogen (secondary N) is 2. The van der Waals surface area contributed by atoms with Gasteiger partial charge in [0, 0.05) is 51.4 Å². The highest BCUT2D eigenvalue weighted by molar-refractivity contribution is 5.77. The van der Waals surface area contributed by atoms with E-state index in [1.54, 1.807) is 0 Å². The topological polar surface area (TPSA) is 94.6 Å². The normalized spacial score (nSPS) is 20.4. The number of alkyl halides is 3. The first-order valence-electron chi connectivity index (χ1n) is 7.63. The van der Waals surface area contributed by atoms with Gasteiger partial charge in [-0.2, -0.15) is 13.2 Å². The number of likely N-dealkylation sites (tertiary alicyclic amines) is 1. The van der Waals surface area contributed by atoms with Crippen molar-refractivity contribution in [2.24, 2.45) is 5.92 Å². The van der Waals surface area contributed by atoms with E-state index in [0.717, 1.165) is 6.07 Å². The first-order chi connectivity index (χ1) is 11.7. The first-order valence-corrected chi connectivity index (χ1v) is 7.63. The van der Waals surface area contributed by atoms with E-state index < -0.39 is 23.9 Å². The van der Waals surface area contributed by atoms with Crippen LogP contribution in [0, 0.1) is 5.92 Å². The van der Waals surface area contributed by atoms with Crippen LogP contribution < -0.4 is 10.6 Å². The molecule has 1 aromatic rings. The molecule has 3 amide bonds. The number of hydrogen-bond donors (Lipinski definition) is 3. The standard InChI is InChI=1S/C15H19F3N4O3/c1-19-13(24)3-10-7-22(8-12(10)23)14(25)21-5-9-2-11(6-20-4-9)15(16,17)18/h2,4,6,10,12,23H,3,5,7-8H2,1H3,(H,19,24)(H,21,25)/t10-,12-/m1/s1. The molecule has 7 nitrogen and oxygen atoms in total. The monoisotopic (exact) mass is 360 g/mol. The zero-order valence-corrected chi connectivity index (χ0v) is 13.5. The van der Waals surface area contributed by atoms with Gasteiger partial charge in [-0.1, -0.05) is 0 Å². The third-order valence-corrected chi connectivity index (χ3v) is 3.99. The van der Waals surface area contributed by atoms with Crippen molar-refractivity contribution >= 4 is 11.9 Å². The third kappa shape index (κ3) is 5.05. The second-order valence-electron chi connectivity index (χ2n) is 5.85. The second kappa shape index (κ2) is 7.68. The maximum absolute atomic E-state index is 12.6. The molecule has 1 saturated heterocycles. The molecular formula is C15H19F3N4O3. The fourth-order valence-electron chi connectivity index (χ4n) is 2.59. The van der Waals surface area contributed by atoms with E-state index in [1.165, 1.54) is 18.1 Å². The van der Waals surface area contributed by atoms with Gasteiger partial charge < -0.3 is 20.6 Å². The van der Waals surface area contributed by atoms with Gasteiger partial charge in [0.15, 0.2) is 0 Å². The largest absolute Gasteiger partial charge is 0.417 e. The van der Waals surface area contributed by atoms with Gasteiger partial charge in [-0.25, -0.2) is 4.79 Å². The van der Waals surface area contributed by atoms with Crippen LogP contribution in [0.2, 0.25) is 0 Å². The summed E-state index contributed by atoms with van der Waals surface area (Å²) in [5.74, 6) is -0.609. The van der Waals surface area contributed by atoms with Gasteiger partial charge in [0.25, 0.3) is 0 Å². The number of pyridine rings is 1. The summed E-state index contributed by atoms with van der Waals surface area (Å²) >= 11 is 0. The Labute approximate surface area is 142 Å². The van der Waals surface area contributed by atoms with Crippen molar-refractivity contribution in [2.45, 2.75) is 25.2 Å². The first kappa shape index (κ1) is 19.0. The Morgan fingerprint density at radius 1 is 1.36 bits per heavy atom. The van der Waals surface area contributed by atoms with Crippen LogP contribution in [0.3, 0.4) is 0 Å². The van der Waals surface area contributed by atoms with Gasteiger partial charge in [0.05, 0.1) is 11.7 Å². The van der Waals surface area contributed by atoms with E-state index in [0.29, 0.717) is 6.20 Å². The lowest BCUT2D eigenvalue weighted by Crippen LogP contribution is -2.38. The molecule has 1 aliphatic rings. The van der Waals surface area contributed by atoms with E-state index in [4.69, 9.17) is 0 Å². The quantitative estimate of drug-likeness (QED) is 0.738. The van der Waals surface area contributed by atoms with Crippen molar-refractivity contribution in [1.82, 2.24) is 20.5 Å². The Balaban J connectivity index is 1.90. The third-order valence-electron chi connectivity index (χ3n) is 3.99. The van der Waals surface area contributed by atoms with E-state index >= 15 is 0 Å². The fourth-order valence-corrected chi connectivity index (χ4v) is 2.59. The molecule has 2 heterocycles. The molecule has 1 fully saturated rings. The summed E-state index contributed by atoms with van der Waals surface area (Å²) in [5.41, 5.74) is -0.675. The number of aliphatic hydroxyl groups is 1. The lowest BCUT2D eigenvalue weighted by molar-refractivity contribution is -0.137. The number of carbonyl (C=O) groups is 2. The molecule has 10 heteroatoms. The molecule has 0 spiro atoms. The zero-order chi connectivity index (χ0) is 18.6. The predicted octanol–water partition coefficient (Wildman–Crippen LogP) is 0.739. The van der Waals surface area contributed by atoms with Crippen LogP contribution >= 0.6 is 0 Å². The number of amides is 3. The van der Waals surface area contributed by atoms with Crippen molar-refractivity contribution < 1.29 is 27.9 Å². The molecule has 25 heavy (non-hydrogen) atoms. The summed E-state index contributed by atoms with van der Waals surface area (Å²) < 4.78 is 37.9. The molecule has 3 N–H and O–H groups in total. The molecule has 0 radical (unpaired) electrons. The van der Waals surface area contributed by atoms with Crippen molar-refractivity contribution in [3.8, 4) is 0 Å².